The third-order valence-electron chi connectivity index (χ3n) is 4.37. The van der Waals surface area contributed by atoms with Gasteiger partial charge in [-0.2, -0.15) is 0 Å². The van der Waals surface area contributed by atoms with Crippen LogP contribution < -0.4 is 5.32 Å². The first-order valence-corrected chi connectivity index (χ1v) is 8.65. The summed E-state index contributed by atoms with van der Waals surface area (Å²) >= 11 is 0. The number of aryl methyl sites for hydroxylation is 3. The Bertz CT molecular complexity index is 950. The van der Waals surface area contributed by atoms with Gasteiger partial charge in [0.2, 0.25) is 0 Å². The van der Waals surface area contributed by atoms with Gasteiger partial charge in [-0.05, 0) is 49.1 Å². The number of carboxylic acids is 1. The molecule has 0 amide bonds. The van der Waals surface area contributed by atoms with Crippen molar-refractivity contribution < 1.29 is 9.90 Å². The molecule has 0 radical (unpaired) electrons. The average Bonchev–Trinajstić information content (AvgIpc) is 2.63. The summed E-state index contributed by atoms with van der Waals surface area (Å²) in [5, 5.41) is 12.9. The zero-order valence-corrected chi connectivity index (χ0v) is 15.2. The Labute approximate surface area is 153 Å². The molecule has 3 rings (SSSR count). The van der Waals surface area contributed by atoms with E-state index in [2.05, 4.69) is 10.3 Å². The summed E-state index contributed by atoms with van der Waals surface area (Å²) in [6.45, 7) is 5.94. The summed E-state index contributed by atoms with van der Waals surface area (Å²) in [5.41, 5.74) is 6.64. The molecule has 132 valence electrons. The Morgan fingerprint density at radius 1 is 1.12 bits per heavy atom. The van der Waals surface area contributed by atoms with E-state index < -0.39 is 5.97 Å². The number of carboxylic acid groups (broad SMARTS) is 1. The number of pyridine rings is 1. The van der Waals surface area contributed by atoms with Gasteiger partial charge in [0.15, 0.2) is 0 Å². The van der Waals surface area contributed by atoms with Crippen LogP contribution in [0.15, 0.2) is 54.7 Å². The summed E-state index contributed by atoms with van der Waals surface area (Å²) in [6.07, 6.45) is 2.50. The largest absolute Gasteiger partial charge is 0.478 e. The van der Waals surface area contributed by atoms with E-state index in [-0.39, 0.29) is 5.56 Å². The molecule has 1 aromatic heterocycles. The van der Waals surface area contributed by atoms with Gasteiger partial charge in [0.1, 0.15) is 0 Å². The first-order valence-electron chi connectivity index (χ1n) is 8.65. The fraction of sp³-hybridized carbons (Fsp3) is 0.182. The molecule has 0 unspecified atom stereocenters. The molecule has 0 saturated carbocycles. The maximum absolute atomic E-state index is 11.7. The van der Waals surface area contributed by atoms with E-state index in [0.717, 1.165) is 40.1 Å². The van der Waals surface area contributed by atoms with E-state index in [0.29, 0.717) is 5.69 Å². The number of carbonyl (C=O) groups is 1. The molecule has 0 aliphatic heterocycles. The minimum absolute atomic E-state index is 0.284. The molecule has 4 nitrogen and oxygen atoms in total. The predicted molar refractivity (Wildman–Crippen MR) is 105 cm³/mol. The molecule has 4 heteroatoms. The number of benzene rings is 2. The van der Waals surface area contributed by atoms with Crippen LogP contribution in [0.25, 0.3) is 11.3 Å². The lowest BCUT2D eigenvalue weighted by Gasteiger charge is -2.16. The van der Waals surface area contributed by atoms with Gasteiger partial charge in [-0.25, -0.2) is 4.79 Å². The van der Waals surface area contributed by atoms with Crippen LogP contribution in [0, 0.1) is 13.8 Å². The number of anilines is 2. The van der Waals surface area contributed by atoms with E-state index >= 15 is 0 Å². The van der Waals surface area contributed by atoms with Crippen molar-refractivity contribution in [1.29, 1.82) is 0 Å². The van der Waals surface area contributed by atoms with Gasteiger partial charge in [0.25, 0.3) is 0 Å². The van der Waals surface area contributed by atoms with Gasteiger partial charge in [-0.15, -0.1) is 0 Å². The number of hydrogen-bond acceptors (Lipinski definition) is 3. The molecule has 2 aromatic carbocycles. The Morgan fingerprint density at radius 2 is 1.85 bits per heavy atom. The van der Waals surface area contributed by atoms with Crippen molar-refractivity contribution in [2.45, 2.75) is 27.2 Å². The lowest BCUT2D eigenvalue weighted by Crippen LogP contribution is -2.07. The molecule has 0 bridgehead atoms. The van der Waals surface area contributed by atoms with Crippen molar-refractivity contribution in [3.63, 3.8) is 0 Å². The number of aromatic nitrogens is 1. The second-order valence-electron chi connectivity index (χ2n) is 6.39. The van der Waals surface area contributed by atoms with Crippen molar-refractivity contribution in [3.8, 4) is 11.3 Å². The molecule has 0 spiro atoms. The summed E-state index contributed by atoms with van der Waals surface area (Å²) in [6, 6.07) is 15.7. The van der Waals surface area contributed by atoms with Crippen molar-refractivity contribution in [2.75, 3.05) is 5.32 Å². The van der Waals surface area contributed by atoms with Gasteiger partial charge in [0, 0.05) is 5.56 Å². The molecule has 1 heterocycles. The van der Waals surface area contributed by atoms with E-state index in [4.69, 9.17) is 0 Å². The second kappa shape index (κ2) is 7.40. The van der Waals surface area contributed by atoms with Gasteiger partial charge in [-0.3, -0.25) is 4.98 Å². The van der Waals surface area contributed by atoms with Crippen molar-refractivity contribution in [3.05, 3.63) is 77.0 Å². The molecule has 0 aliphatic rings. The Morgan fingerprint density at radius 3 is 2.46 bits per heavy atom. The van der Waals surface area contributed by atoms with Crippen molar-refractivity contribution >= 4 is 17.3 Å². The zero-order chi connectivity index (χ0) is 18.7. The van der Waals surface area contributed by atoms with Crippen LogP contribution in [-0.4, -0.2) is 16.1 Å². The minimum Gasteiger partial charge on any atom is -0.478 e. The SMILES string of the molecule is CCc1cc(C)cc(C(=O)O)c1Nc1cnc(-c2ccccc2)c(C)c1. The fourth-order valence-corrected chi connectivity index (χ4v) is 3.14. The number of nitrogens with zero attached hydrogens (tertiary/aromatic N) is 1. The van der Waals surface area contributed by atoms with Crippen molar-refractivity contribution in [1.82, 2.24) is 4.98 Å². The summed E-state index contributed by atoms with van der Waals surface area (Å²) in [7, 11) is 0. The number of aromatic carboxylic acids is 1. The maximum atomic E-state index is 11.7. The van der Waals surface area contributed by atoms with E-state index in [1.807, 2.05) is 63.2 Å². The standard InChI is InChI=1S/C22H22N2O2/c1-4-16-10-14(2)11-19(22(25)26)21(16)24-18-12-15(3)20(23-13-18)17-8-6-5-7-9-17/h5-13,24H,4H2,1-3H3,(H,25,26). The number of rotatable bonds is 5. The molecule has 0 atom stereocenters. The normalized spacial score (nSPS) is 10.6. The highest BCUT2D eigenvalue weighted by Crippen LogP contribution is 2.29. The monoisotopic (exact) mass is 346 g/mol. The van der Waals surface area contributed by atoms with Crippen LogP contribution in [0.1, 0.15) is 34.0 Å². The molecular formula is C22H22N2O2. The van der Waals surface area contributed by atoms with E-state index in [1.165, 1.54) is 0 Å². The van der Waals surface area contributed by atoms with Crippen LogP contribution in [0.3, 0.4) is 0 Å². The van der Waals surface area contributed by atoms with Crippen LogP contribution >= 0.6 is 0 Å². The quantitative estimate of drug-likeness (QED) is 0.652. The van der Waals surface area contributed by atoms with E-state index in [1.54, 1.807) is 12.3 Å². The third kappa shape index (κ3) is 3.59. The highest BCUT2D eigenvalue weighted by atomic mass is 16.4. The predicted octanol–water partition coefficient (Wildman–Crippen LogP) is 5.37. The van der Waals surface area contributed by atoms with Crippen LogP contribution in [0.4, 0.5) is 11.4 Å². The third-order valence-corrected chi connectivity index (χ3v) is 4.37. The zero-order valence-electron chi connectivity index (χ0n) is 15.2. The Kier molecular flexibility index (Phi) is 5.03. The average molecular weight is 346 g/mol. The molecule has 26 heavy (non-hydrogen) atoms. The topological polar surface area (TPSA) is 62.2 Å². The first kappa shape index (κ1) is 17.7. The molecule has 3 aromatic rings. The Hall–Kier alpha value is -3.14. The lowest BCUT2D eigenvalue weighted by molar-refractivity contribution is 0.0698. The summed E-state index contributed by atoms with van der Waals surface area (Å²) in [5.74, 6) is -0.934. The van der Waals surface area contributed by atoms with Gasteiger partial charge in [-0.1, -0.05) is 43.3 Å². The smallest absolute Gasteiger partial charge is 0.337 e. The van der Waals surface area contributed by atoms with E-state index in [9.17, 15) is 9.90 Å². The summed E-state index contributed by atoms with van der Waals surface area (Å²) in [4.78, 5) is 16.3. The minimum atomic E-state index is -0.934. The molecular weight excluding hydrogens is 324 g/mol. The molecule has 2 N–H and O–H groups in total. The fourth-order valence-electron chi connectivity index (χ4n) is 3.14. The van der Waals surface area contributed by atoms with Crippen LogP contribution in [0.5, 0.6) is 0 Å². The Balaban J connectivity index is 2.00. The van der Waals surface area contributed by atoms with Gasteiger partial charge in [0.05, 0.1) is 28.8 Å². The number of hydrogen-bond donors (Lipinski definition) is 2. The highest BCUT2D eigenvalue weighted by molar-refractivity contribution is 5.96. The lowest BCUT2D eigenvalue weighted by atomic mass is 10.0. The highest BCUT2D eigenvalue weighted by Gasteiger charge is 2.15. The van der Waals surface area contributed by atoms with Crippen molar-refractivity contribution in [2.24, 2.45) is 0 Å². The van der Waals surface area contributed by atoms with Gasteiger partial charge < -0.3 is 10.4 Å². The molecule has 0 fully saturated rings. The first-order chi connectivity index (χ1) is 12.5. The summed E-state index contributed by atoms with van der Waals surface area (Å²) < 4.78 is 0. The van der Waals surface area contributed by atoms with Crippen LogP contribution in [-0.2, 0) is 6.42 Å². The maximum Gasteiger partial charge on any atom is 0.337 e. The number of nitrogens with one attached hydrogen (secondary N) is 1. The molecule has 0 aliphatic carbocycles. The van der Waals surface area contributed by atoms with Crippen LogP contribution in [0.2, 0.25) is 0 Å². The molecule has 0 saturated heterocycles. The van der Waals surface area contributed by atoms with Gasteiger partial charge >= 0.3 is 5.97 Å². The second-order valence-corrected chi connectivity index (χ2v) is 6.39.